The zero-order valence-corrected chi connectivity index (χ0v) is 25.0. The lowest BCUT2D eigenvalue weighted by atomic mass is 9.70. The van der Waals surface area contributed by atoms with Crippen molar-refractivity contribution < 1.29 is 19.5 Å². The highest BCUT2D eigenvalue weighted by Gasteiger charge is 2.74. The van der Waals surface area contributed by atoms with Crippen LogP contribution in [-0.2, 0) is 21.1 Å². The number of aromatic nitrogens is 3. The van der Waals surface area contributed by atoms with Crippen molar-refractivity contribution in [3.05, 3.63) is 85.5 Å². The van der Waals surface area contributed by atoms with E-state index in [9.17, 15) is 19.5 Å². The molecule has 3 saturated heterocycles. The zero-order valence-electron chi connectivity index (χ0n) is 24.2. The molecule has 3 amide bonds. The molecule has 43 heavy (non-hydrogen) atoms. The van der Waals surface area contributed by atoms with Gasteiger partial charge < -0.3 is 19.8 Å². The number of thioether (sulfide) groups is 1. The summed E-state index contributed by atoms with van der Waals surface area (Å²) in [5.74, 6) is -1.86. The number of hydrogen-bond acceptors (Lipinski definition) is 7. The molecule has 11 heteroatoms. The van der Waals surface area contributed by atoms with Gasteiger partial charge >= 0.3 is 0 Å². The molecule has 3 fully saturated rings. The Morgan fingerprint density at radius 2 is 1.84 bits per heavy atom. The maximum absolute atomic E-state index is 14.9. The number of benzene rings is 2. The molecule has 224 valence electrons. The Kier molecular flexibility index (Phi) is 7.87. The van der Waals surface area contributed by atoms with E-state index in [0.717, 1.165) is 17.5 Å². The fraction of sp³-hybridized carbons (Fsp3) is 0.406. The Hall–Kier alpha value is -3.96. The third-order valence-electron chi connectivity index (χ3n) is 9.12. The summed E-state index contributed by atoms with van der Waals surface area (Å²) < 4.78 is 0.865. The number of aliphatic hydroxyl groups is 1. The first kappa shape index (κ1) is 29.1. The highest BCUT2D eigenvalue weighted by molar-refractivity contribution is 8.02. The number of carbonyl (C=O) groups excluding carboxylic acids is 3. The number of aliphatic hydroxyl groups excluding tert-OH is 1. The molecule has 2 aromatic carbocycles. The fourth-order valence-corrected chi connectivity index (χ4v) is 9.48. The van der Waals surface area contributed by atoms with E-state index in [4.69, 9.17) is 0 Å². The van der Waals surface area contributed by atoms with E-state index in [-0.39, 0.29) is 42.8 Å². The molecule has 2 bridgehead atoms. The van der Waals surface area contributed by atoms with Crippen LogP contribution in [0.5, 0.6) is 0 Å². The number of carbonyl (C=O) groups is 3. The Balaban J connectivity index is 1.44. The van der Waals surface area contributed by atoms with Crippen LogP contribution in [0.3, 0.4) is 0 Å². The summed E-state index contributed by atoms with van der Waals surface area (Å²) in [5, 5.41) is 19.2. The Morgan fingerprint density at radius 3 is 2.56 bits per heavy atom. The van der Waals surface area contributed by atoms with Crippen molar-refractivity contribution >= 4 is 40.5 Å². The molecule has 10 nitrogen and oxygen atoms in total. The minimum atomic E-state index is -0.894. The third-order valence-corrected chi connectivity index (χ3v) is 11.1. The predicted octanol–water partition coefficient (Wildman–Crippen LogP) is 2.87. The average Bonchev–Trinajstić information content (AvgIpc) is 3.77. The van der Waals surface area contributed by atoms with Crippen LogP contribution in [0.4, 0.5) is 0 Å². The molecule has 2 unspecified atom stereocenters. The fourth-order valence-electron chi connectivity index (χ4n) is 7.28. The molecule has 0 aliphatic carbocycles. The van der Waals surface area contributed by atoms with Gasteiger partial charge in [0.1, 0.15) is 18.2 Å². The summed E-state index contributed by atoms with van der Waals surface area (Å²) in [6.45, 7) is 8.00. The monoisotopic (exact) mass is 600 g/mol. The van der Waals surface area contributed by atoms with Crippen LogP contribution >= 0.6 is 11.8 Å². The summed E-state index contributed by atoms with van der Waals surface area (Å²) in [7, 11) is 1.72. The van der Waals surface area contributed by atoms with Gasteiger partial charge in [0.25, 0.3) is 0 Å². The minimum Gasteiger partial charge on any atom is -0.394 e. The van der Waals surface area contributed by atoms with Gasteiger partial charge in [0.15, 0.2) is 0 Å². The molecule has 1 N–H and O–H groups in total. The van der Waals surface area contributed by atoms with E-state index in [1.54, 1.807) is 50.3 Å². The van der Waals surface area contributed by atoms with Gasteiger partial charge in [-0.25, -0.2) is 4.68 Å². The largest absolute Gasteiger partial charge is 0.394 e. The SMILES string of the molecule is C=CCN(C)C(=O)[C@@H]1[C@@H]2CCC3(S2)C(C(=O)N(CC=C)Cn2nnc4ccccc42)N([C@H](CO)c2ccccc2)C(=O)[C@H]13. The zero-order chi connectivity index (χ0) is 30.3. The average molecular weight is 601 g/mol. The van der Waals surface area contributed by atoms with Crippen LogP contribution < -0.4 is 0 Å². The van der Waals surface area contributed by atoms with Crippen molar-refractivity contribution in [1.29, 1.82) is 0 Å². The van der Waals surface area contributed by atoms with Crippen LogP contribution in [0, 0.1) is 11.8 Å². The molecule has 3 aliphatic heterocycles. The van der Waals surface area contributed by atoms with Crippen LogP contribution in [-0.4, -0.2) is 95.3 Å². The van der Waals surface area contributed by atoms with E-state index in [1.165, 1.54) is 0 Å². The standard InChI is InChI=1S/C32H36N6O4S/c1-4-17-35(3)29(40)26-25-15-16-32(43-25)27(26)30(41)38(24(19-39)21-11-7-6-8-12-21)28(32)31(42)36(18-5-2)20-37-23-14-10-9-13-22(23)33-34-37/h4-14,24-28,39H,1-2,15-20H2,3H3/t24-,25+,26-,27+,28?,32?/m1/s1. The molecule has 3 aliphatic rings. The second-order valence-corrected chi connectivity index (χ2v) is 13.1. The lowest BCUT2D eigenvalue weighted by molar-refractivity contribution is -0.147. The van der Waals surface area contributed by atoms with E-state index in [1.807, 2.05) is 54.6 Å². The predicted molar refractivity (Wildman–Crippen MR) is 164 cm³/mol. The highest BCUT2D eigenvalue weighted by atomic mass is 32.2. The molecule has 1 spiro atoms. The van der Waals surface area contributed by atoms with E-state index in [0.29, 0.717) is 18.5 Å². The second kappa shape index (κ2) is 11.6. The van der Waals surface area contributed by atoms with Crippen LogP contribution in [0.2, 0.25) is 0 Å². The maximum Gasteiger partial charge on any atom is 0.248 e. The summed E-state index contributed by atoms with van der Waals surface area (Å²) in [4.78, 5) is 48.1. The Labute approximate surface area is 255 Å². The Bertz CT molecular complexity index is 1560. The van der Waals surface area contributed by atoms with Crippen molar-refractivity contribution in [2.24, 2.45) is 11.8 Å². The molecule has 6 rings (SSSR count). The highest BCUT2D eigenvalue weighted by Crippen LogP contribution is 2.67. The van der Waals surface area contributed by atoms with Gasteiger partial charge in [0.05, 0.1) is 34.7 Å². The topological polar surface area (TPSA) is 112 Å². The smallest absolute Gasteiger partial charge is 0.248 e. The van der Waals surface area contributed by atoms with E-state index < -0.39 is 28.7 Å². The van der Waals surface area contributed by atoms with Crippen molar-refractivity contribution in [2.75, 3.05) is 26.7 Å². The number of amides is 3. The summed E-state index contributed by atoms with van der Waals surface area (Å²) in [5.41, 5.74) is 2.23. The lowest BCUT2D eigenvalue weighted by Crippen LogP contribution is -2.56. The molecule has 0 radical (unpaired) electrons. The number of likely N-dealkylation sites (tertiary alicyclic amines) is 1. The summed E-state index contributed by atoms with van der Waals surface area (Å²) in [6.07, 6.45) is 4.68. The van der Waals surface area contributed by atoms with Gasteiger partial charge in [-0.05, 0) is 30.5 Å². The van der Waals surface area contributed by atoms with Gasteiger partial charge in [-0.1, -0.05) is 59.8 Å². The first-order valence-electron chi connectivity index (χ1n) is 14.6. The van der Waals surface area contributed by atoms with Crippen molar-refractivity contribution in [3.63, 3.8) is 0 Å². The number of rotatable bonds is 11. The molecule has 4 heterocycles. The van der Waals surface area contributed by atoms with Crippen molar-refractivity contribution in [2.45, 2.75) is 41.6 Å². The number of hydrogen-bond donors (Lipinski definition) is 1. The number of para-hydroxylation sites is 1. The molecular formula is C32H36N6O4S. The number of nitrogens with zero attached hydrogens (tertiary/aromatic N) is 6. The third kappa shape index (κ3) is 4.65. The first-order valence-corrected chi connectivity index (χ1v) is 15.4. The van der Waals surface area contributed by atoms with Gasteiger partial charge in [0.2, 0.25) is 17.7 Å². The molecule has 3 aromatic rings. The number of fused-ring (bicyclic) bond motifs is 2. The minimum absolute atomic E-state index is 0.0671. The molecule has 1 aromatic heterocycles. The number of likely N-dealkylation sites (N-methyl/N-ethyl adjacent to an activating group) is 1. The van der Waals surface area contributed by atoms with Crippen LogP contribution in [0.1, 0.15) is 24.4 Å². The molecule has 0 saturated carbocycles. The van der Waals surface area contributed by atoms with Gasteiger partial charge in [-0.3, -0.25) is 14.4 Å². The quantitative estimate of drug-likeness (QED) is 0.337. The Morgan fingerprint density at radius 1 is 1.12 bits per heavy atom. The van der Waals surface area contributed by atoms with Gasteiger partial charge in [0, 0.05) is 25.4 Å². The molecule has 6 atom stereocenters. The lowest BCUT2D eigenvalue weighted by Gasteiger charge is -2.39. The van der Waals surface area contributed by atoms with E-state index in [2.05, 4.69) is 23.5 Å². The van der Waals surface area contributed by atoms with Crippen molar-refractivity contribution in [3.8, 4) is 0 Å². The van der Waals surface area contributed by atoms with Crippen LogP contribution in [0.25, 0.3) is 11.0 Å². The molecular weight excluding hydrogens is 564 g/mol. The van der Waals surface area contributed by atoms with E-state index >= 15 is 0 Å². The van der Waals surface area contributed by atoms with Crippen molar-refractivity contribution in [1.82, 2.24) is 29.7 Å². The van der Waals surface area contributed by atoms with Gasteiger partial charge in [-0.2, -0.15) is 0 Å². The van der Waals surface area contributed by atoms with Gasteiger partial charge in [-0.15, -0.1) is 30.0 Å². The maximum atomic E-state index is 14.9. The second-order valence-electron chi connectivity index (χ2n) is 11.5. The first-order chi connectivity index (χ1) is 20.9. The van der Waals surface area contributed by atoms with Crippen LogP contribution in [0.15, 0.2) is 79.9 Å². The normalized spacial score (nSPS) is 26.4. The summed E-state index contributed by atoms with van der Waals surface area (Å²) in [6, 6.07) is 15.2. The summed E-state index contributed by atoms with van der Waals surface area (Å²) >= 11 is 1.61.